The molecule has 8 heteroatoms. The largest absolute Gasteiger partial charge is 0.497 e. The van der Waals surface area contributed by atoms with Crippen molar-refractivity contribution in [1.29, 1.82) is 0 Å². The molecule has 4 aromatic rings. The fourth-order valence-electron chi connectivity index (χ4n) is 5.87. The molecule has 5 atom stereocenters. The van der Waals surface area contributed by atoms with Crippen LogP contribution in [-0.2, 0) is 43.6 Å². The summed E-state index contributed by atoms with van der Waals surface area (Å²) in [5.41, 5.74) is 3.85. The molecule has 0 bridgehead atoms. The smallest absolute Gasteiger partial charge is 0.306 e. The van der Waals surface area contributed by atoms with Gasteiger partial charge in [-0.2, -0.15) is 5.06 Å². The van der Waals surface area contributed by atoms with E-state index in [0.29, 0.717) is 25.6 Å². The van der Waals surface area contributed by atoms with Crippen LogP contribution in [0.1, 0.15) is 34.6 Å². The van der Waals surface area contributed by atoms with Crippen LogP contribution in [0.15, 0.2) is 115 Å². The molecule has 0 unspecified atom stereocenters. The number of hydroxylamine groups is 2. The second-order valence-electron chi connectivity index (χ2n) is 11.1. The molecule has 1 aliphatic heterocycles. The van der Waals surface area contributed by atoms with Crippen molar-refractivity contribution in [3.05, 3.63) is 138 Å². The third kappa shape index (κ3) is 8.57. The highest BCUT2D eigenvalue weighted by Gasteiger charge is 2.54. The Kier molecular flexibility index (Phi) is 11.7. The minimum Gasteiger partial charge on any atom is -0.497 e. The molecule has 0 aromatic heterocycles. The second-order valence-corrected chi connectivity index (χ2v) is 11.1. The molecule has 45 heavy (non-hydrogen) atoms. The SMILES string of the molecule is COC(=O)C[C@H](c1ccc(OC)cc1)[C@H]1[C@H](OCc2ccccc2)[C@@H](OCc2ccccc2)[C@H](COCc2ccccc2)N1O. The van der Waals surface area contributed by atoms with Gasteiger partial charge in [0, 0.05) is 5.92 Å². The molecule has 1 fully saturated rings. The van der Waals surface area contributed by atoms with Crippen LogP contribution in [0.5, 0.6) is 5.75 Å². The summed E-state index contributed by atoms with van der Waals surface area (Å²) >= 11 is 0. The molecule has 0 saturated carbocycles. The lowest BCUT2D eigenvalue weighted by atomic mass is 9.85. The van der Waals surface area contributed by atoms with Crippen molar-refractivity contribution in [3.63, 3.8) is 0 Å². The maximum Gasteiger partial charge on any atom is 0.306 e. The molecule has 0 amide bonds. The third-order valence-corrected chi connectivity index (χ3v) is 8.23. The van der Waals surface area contributed by atoms with Crippen molar-refractivity contribution in [2.45, 2.75) is 56.5 Å². The maximum atomic E-state index is 12.8. The number of ether oxygens (including phenoxy) is 5. The lowest BCUT2D eigenvalue weighted by Crippen LogP contribution is -2.43. The molecule has 4 aromatic carbocycles. The van der Waals surface area contributed by atoms with Gasteiger partial charge < -0.3 is 28.9 Å². The van der Waals surface area contributed by atoms with E-state index in [1.165, 1.54) is 12.2 Å². The highest BCUT2D eigenvalue weighted by Crippen LogP contribution is 2.40. The Morgan fingerprint density at radius 2 is 1.22 bits per heavy atom. The Morgan fingerprint density at radius 3 is 1.73 bits per heavy atom. The molecule has 1 N–H and O–H groups in total. The molecule has 236 valence electrons. The molecule has 0 spiro atoms. The number of hydrogen-bond acceptors (Lipinski definition) is 8. The van der Waals surface area contributed by atoms with Gasteiger partial charge in [-0.25, -0.2) is 0 Å². The summed E-state index contributed by atoms with van der Waals surface area (Å²) in [6.07, 6.45) is -1.18. The molecule has 8 nitrogen and oxygen atoms in total. The molecule has 0 radical (unpaired) electrons. The summed E-state index contributed by atoms with van der Waals surface area (Å²) in [5.74, 6) is -0.191. The normalized spacial score (nSPS) is 20.5. The maximum absolute atomic E-state index is 12.8. The van der Waals surface area contributed by atoms with Crippen molar-refractivity contribution in [2.24, 2.45) is 0 Å². The van der Waals surface area contributed by atoms with Crippen LogP contribution in [0.3, 0.4) is 0 Å². The van der Waals surface area contributed by atoms with Gasteiger partial charge in [-0.1, -0.05) is 103 Å². The molecular weight excluding hydrogens is 570 g/mol. The van der Waals surface area contributed by atoms with Gasteiger partial charge in [0.2, 0.25) is 0 Å². The van der Waals surface area contributed by atoms with E-state index in [9.17, 15) is 10.0 Å². The van der Waals surface area contributed by atoms with E-state index in [0.717, 1.165) is 22.3 Å². The van der Waals surface area contributed by atoms with E-state index in [1.807, 2.05) is 115 Å². The first-order valence-electron chi connectivity index (χ1n) is 15.2. The number of carbonyl (C=O) groups is 1. The molecule has 0 aliphatic carbocycles. The van der Waals surface area contributed by atoms with E-state index in [-0.39, 0.29) is 13.0 Å². The Balaban J connectivity index is 1.50. The lowest BCUT2D eigenvalue weighted by molar-refractivity contribution is -0.172. The minimum atomic E-state index is -0.660. The first kappa shape index (κ1) is 32.3. The summed E-state index contributed by atoms with van der Waals surface area (Å²) in [4.78, 5) is 12.8. The Bertz CT molecular complexity index is 1440. The Hall–Kier alpha value is -4.05. The average molecular weight is 612 g/mol. The Morgan fingerprint density at radius 1 is 0.711 bits per heavy atom. The first-order chi connectivity index (χ1) is 22.1. The van der Waals surface area contributed by atoms with Crippen LogP contribution in [0.25, 0.3) is 0 Å². The number of rotatable bonds is 15. The van der Waals surface area contributed by atoms with Crippen LogP contribution < -0.4 is 4.74 Å². The number of benzene rings is 4. The lowest BCUT2D eigenvalue weighted by Gasteiger charge is -2.32. The number of esters is 1. The molecule has 1 aliphatic rings. The van der Waals surface area contributed by atoms with Gasteiger partial charge in [-0.05, 0) is 34.4 Å². The first-order valence-corrected chi connectivity index (χ1v) is 15.2. The molecule has 1 saturated heterocycles. The van der Waals surface area contributed by atoms with Gasteiger partial charge in [-0.15, -0.1) is 0 Å². The van der Waals surface area contributed by atoms with E-state index < -0.39 is 36.2 Å². The van der Waals surface area contributed by atoms with Crippen LogP contribution in [0.4, 0.5) is 0 Å². The standard InChI is InChI=1S/C37H41NO7/c1-41-31-20-18-30(19-21-31)32(22-34(39)42-2)35-37(45-25-29-16-10-5-11-17-29)36(44-24-28-14-8-4-9-15-28)33(38(35)40)26-43-23-27-12-6-3-7-13-27/h3-21,32-33,35-37,40H,22-26H2,1-2H3/t32-,33+,35+,36+,37+/m1/s1. The summed E-state index contributed by atoms with van der Waals surface area (Å²) in [5, 5.41) is 13.3. The van der Waals surface area contributed by atoms with Gasteiger partial charge in [0.25, 0.3) is 0 Å². The van der Waals surface area contributed by atoms with E-state index in [1.54, 1.807) is 7.11 Å². The van der Waals surface area contributed by atoms with Crippen molar-refractivity contribution < 1.29 is 33.7 Å². The fraction of sp³-hybridized carbons (Fsp3) is 0.324. The summed E-state index contributed by atoms with van der Waals surface area (Å²) in [7, 11) is 2.98. The van der Waals surface area contributed by atoms with Gasteiger partial charge in [0.1, 0.15) is 18.0 Å². The second kappa shape index (κ2) is 16.3. The predicted octanol–water partition coefficient (Wildman–Crippen LogP) is 6.17. The Labute approximate surface area is 265 Å². The van der Waals surface area contributed by atoms with E-state index in [2.05, 4.69) is 0 Å². The molecular formula is C37H41NO7. The van der Waals surface area contributed by atoms with Crippen LogP contribution in [0, 0.1) is 0 Å². The van der Waals surface area contributed by atoms with E-state index >= 15 is 0 Å². The van der Waals surface area contributed by atoms with Gasteiger partial charge in [0.15, 0.2) is 0 Å². The zero-order valence-corrected chi connectivity index (χ0v) is 25.7. The van der Waals surface area contributed by atoms with Gasteiger partial charge in [0.05, 0.1) is 59.2 Å². The topological polar surface area (TPSA) is 86.7 Å². The van der Waals surface area contributed by atoms with Crippen LogP contribution in [-0.4, -0.2) is 61.4 Å². The van der Waals surface area contributed by atoms with Gasteiger partial charge >= 0.3 is 5.97 Å². The van der Waals surface area contributed by atoms with Crippen LogP contribution >= 0.6 is 0 Å². The molecule has 1 heterocycles. The zero-order valence-electron chi connectivity index (χ0n) is 25.7. The fourth-order valence-corrected chi connectivity index (χ4v) is 5.87. The quantitative estimate of drug-likeness (QED) is 0.160. The van der Waals surface area contributed by atoms with Crippen molar-refractivity contribution in [2.75, 3.05) is 20.8 Å². The van der Waals surface area contributed by atoms with E-state index in [4.69, 9.17) is 23.7 Å². The van der Waals surface area contributed by atoms with Gasteiger partial charge in [-0.3, -0.25) is 4.79 Å². The van der Waals surface area contributed by atoms with Crippen LogP contribution in [0.2, 0.25) is 0 Å². The number of methoxy groups -OCH3 is 2. The minimum absolute atomic E-state index is 0.0265. The summed E-state index contributed by atoms with van der Waals surface area (Å²) in [6, 6.07) is 35.9. The highest BCUT2D eigenvalue weighted by molar-refractivity contribution is 5.70. The third-order valence-electron chi connectivity index (χ3n) is 8.23. The number of hydrogen-bond donors (Lipinski definition) is 1. The van der Waals surface area contributed by atoms with Crippen molar-refractivity contribution >= 4 is 5.97 Å². The summed E-state index contributed by atoms with van der Waals surface area (Å²) < 4.78 is 30.0. The monoisotopic (exact) mass is 611 g/mol. The summed E-state index contributed by atoms with van der Waals surface area (Å²) in [6.45, 7) is 1.17. The average Bonchev–Trinajstić information content (AvgIpc) is 3.35. The molecule has 5 rings (SSSR count). The van der Waals surface area contributed by atoms with Crippen molar-refractivity contribution in [3.8, 4) is 5.75 Å². The number of nitrogens with zero attached hydrogens (tertiary/aromatic N) is 1. The highest BCUT2D eigenvalue weighted by atomic mass is 16.6. The zero-order chi connectivity index (χ0) is 31.4. The van der Waals surface area contributed by atoms with Crippen molar-refractivity contribution in [1.82, 2.24) is 5.06 Å². The number of carbonyl (C=O) groups excluding carboxylic acids is 1. The predicted molar refractivity (Wildman–Crippen MR) is 170 cm³/mol.